The molecule has 1 fully saturated rings. The molecule has 0 aliphatic heterocycles. The Bertz CT molecular complexity index is 1110. The molecule has 4 rings (SSSR count). The van der Waals surface area contributed by atoms with Crippen molar-refractivity contribution >= 4 is 34.0 Å². The van der Waals surface area contributed by atoms with Crippen LogP contribution in [0, 0.1) is 22.2 Å². The van der Waals surface area contributed by atoms with Crippen molar-refractivity contribution < 1.29 is 19.8 Å². The highest BCUT2D eigenvalue weighted by molar-refractivity contribution is 7.15. The van der Waals surface area contributed by atoms with Crippen LogP contribution in [0.1, 0.15) is 76.8 Å². The van der Waals surface area contributed by atoms with E-state index in [2.05, 4.69) is 17.6 Å². The Morgan fingerprint density at radius 2 is 1.83 bits per heavy atom. The van der Waals surface area contributed by atoms with Crippen LogP contribution in [0.4, 0.5) is 10.8 Å². The minimum atomic E-state index is -0.682. The highest BCUT2D eigenvalue weighted by Gasteiger charge is 2.59. The van der Waals surface area contributed by atoms with Crippen molar-refractivity contribution in [3.8, 4) is 0 Å². The fourth-order valence-electron chi connectivity index (χ4n) is 6.26. The second-order valence-corrected chi connectivity index (χ2v) is 13.3. The Hall–Kier alpha value is -2.29. The van der Waals surface area contributed by atoms with Crippen LogP contribution >= 0.6 is 11.3 Å². The van der Waals surface area contributed by atoms with Gasteiger partial charge in [-0.25, -0.2) is 4.98 Å². The summed E-state index contributed by atoms with van der Waals surface area (Å²) in [4.78, 5) is 31.8. The molecule has 4 N–H and O–H groups in total. The van der Waals surface area contributed by atoms with Gasteiger partial charge in [0.25, 0.3) is 0 Å². The molecular formula is C28H39N3O4S. The van der Waals surface area contributed by atoms with Gasteiger partial charge in [0.1, 0.15) is 0 Å². The number of amides is 2. The second kappa shape index (κ2) is 9.88. The third-order valence-electron chi connectivity index (χ3n) is 8.28. The maximum Gasteiger partial charge on any atom is 0.226 e. The summed E-state index contributed by atoms with van der Waals surface area (Å²) >= 11 is 1.45. The fourth-order valence-corrected chi connectivity index (χ4v) is 7.35. The number of carbonyl (C=O) groups is 2. The van der Waals surface area contributed by atoms with Crippen molar-refractivity contribution in [2.75, 3.05) is 17.2 Å². The Balaban J connectivity index is 1.68. The summed E-state index contributed by atoms with van der Waals surface area (Å²) < 4.78 is 0. The zero-order valence-corrected chi connectivity index (χ0v) is 22.7. The zero-order valence-electron chi connectivity index (χ0n) is 21.9. The molecule has 0 bridgehead atoms. The summed E-state index contributed by atoms with van der Waals surface area (Å²) in [5.41, 5.74) is 0.454. The minimum Gasteiger partial charge on any atom is -0.396 e. The zero-order chi connectivity index (χ0) is 26.3. The van der Waals surface area contributed by atoms with Gasteiger partial charge >= 0.3 is 0 Å². The Labute approximate surface area is 217 Å². The lowest BCUT2D eigenvalue weighted by Crippen LogP contribution is -2.57. The van der Waals surface area contributed by atoms with Crippen LogP contribution in [-0.2, 0) is 16.0 Å². The SMILES string of the molecule is CC(C)(C)CC(=O)Nc1nc2c(s1)C[C@@H]1[C@](C)(CO)[C@H](O)CC[C@@]1(C)[C@@H]2CC(=O)Nc1ccccc1. The number of rotatable bonds is 6. The van der Waals surface area contributed by atoms with Crippen molar-refractivity contribution in [2.45, 2.75) is 78.7 Å². The normalized spacial score (nSPS) is 29.7. The highest BCUT2D eigenvalue weighted by Crippen LogP contribution is 2.62. The number of aromatic nitrogens is 1. The third-order valence-corrected chi connectivity index (χ3v) is 9.29. The lowest BCUT2D eigenvalue weighted by atomic mass is 9.47. The number of hydrogen-bond donors (Lipinski definition) is 4. The second-order valence-electron chi connectivity index (χ2n) is 12.3. The van der Waals surface area contributed by atoms with Crippen molar-refractivity contribution in [1.29, 1.82) is 0 Å². The van der Waals surface area contributed by atoms with Crippen LogP contribution in [0.3, 0.4) is 0 Å². The average molecular weight is 514 g/mol. The van der Waals surface area contributed by atoms with E-state index in [1.54, 1.807) is 0 Å². The molecule has 1 aromatic heterocycles. The largest absolute Gasteiger partial charge is 0.396 e. The van der Waals surface area contributed by atoms with Gasteiger partial charge in [0.2, 0.25) is 11.8 Å². The maximum atomic E-state index is 13.2. The van der Waals surface area contributed by atoms with Crippen LogP contribution in [0.15, 0.2) is 30.3 Å². The first-order chi connectivity index (χ1) is 16.9. The topological polar surface area (TPSA) is 112 Å². The molecule has 2 amide bonds. The van der Waals surface area contributed by atoms with Crippen LogP contribution in [0.2, 0.25) is 0 Å². The number of thiazole rings is 1. The van der Waals surface area contributed by atoms with E-state index >= 15 is 0 Å². The molecule has 196 valence electrons. The third kappa shape index (κ3) is 5.22. The number of carbonyl (C=O) groups excluding carboxylic acids is 2. The predicted molar refractivity (Wildman–Crippen MR) is 143 cm³/mol. The first-order valence-electron chi connectivity index (χ1n) is 12.8. The molecule has 8 heteroatoms. The standard InChI is InChI=1S/C28H39N3O4S/c1-26(2,3)15-23(35)30-25-31-24-18(13-22(34)29-17-9-7-6-8-10-17)27(4)12-11-21(33)28(5,16-32)20(27)14-19(24)36-25/h6-10,18,20-21,32-33H,11-16H2,1-5H3,(H,29,34)(H,30,31,35)/t18-,20+,21-,27+,28+/m1/s1. The van der Waals surface area contributed by atoms with Crippen molar-refractivity contribution in [3.05, 3.63) is 40.9 Å². The summed E-state index contributed by atoms with van der Waals surface area (Å²) in [5.74, 6) is -0.398. The number of fused-ring (bicyclic) bond motifs is 2. The number of aliphatic hydroxyl groups excluding tert-OH is 2. The van der Waals surface area contributed by atoms with Gasteiger partial charge in [0.15, 0.2) is 5.13 Å². The highest BCUT2D eigenvalue weighted by atomic mass is 32.1. The molecule has 1 aromatic carbocycles. The maximum absolute atomic E-state index is 13.2. The number of anilines is 2. The number of nitrogens with one attached hydrogen (secondary N) is 2. The number of nitrogens with zero attached hydrogens (tertiary/aromatic N) is 1. The Morgan fingerprint density at radius 1 is 1.14 bits per heavy atom. The van der Waals surface area contributed by atoms with Gasteiger partial charge in [-0.15, -0.1) is 11.3 Å². The summed E-state index contributed by atoms with van der Waals surface area (Å²) in [6.07, 6.45) is 1.97. The molecule has 0 radical (unpaired) electrons. The van der Waals surface area contributed by atoms with Crippen LogP contribution in [0.25, 0.3) is 0 Å². The molecule has 1 heterocycles. The minimum absolute atomic E-state index is 0.0284. The molecule has 2 aliphatic carbocycles. The molecule has 5 atom stereocenters. The molecule has 1 saturated carbocycles. The van der Waals surface area contributed by atoms with Crippen molar-refractivity contribution in [3.63, 3.8) is 0 Å². The number of hydrogen-bond acceptors (Lipinski definition) is 6. The Morgan fingerprint density at radius 3 is 2.47 bits per heavy atom. The molecule has 7 nitrogen and oxygen atoms in total. The molecule has 2 aromatic rings. The molecule has 0 saturated heterocycles. The monoisotopic (exact) mass is 513 g/mol. The van der Waals surface area contributed by atoms with Gasteiger partial charge in [-0.2, -0.15) is 0 Å². The van der Waals surface area contributed by atoms with E-state index in [4.69, 9.17) is 4.98 Å². The number of benzene rings is 1. The van der Waals surface area contributed by atoms with E-state index in [0.29, 0.717) is 24.4 Å². The van der Waals surface area contributed by atoms with E-state index < -0.39 is 11.5 Å². The van der Waals surface area contributed by atoms with E-state index in [0.717, 1.165) is 22.7 Å². The molecule has 2 aliphatic rings. The van der Waals surface area contributed by atoms with E-state index in [1.807, 2.05) is 58.0 Å². The van der Waals surface area contributed by atoms with Gasteiger partial charge in [0.05, 0.1) is 18.4 Å². The Kier molecular flexibility index (Phi) is 7.34. The number of aliphatic hydroxyl groups is 2. The smallest absolute Gasteiger partial charge is 0.226 e. The number of para-hydroxylation sites is 1. The van der Waals surface area contributed by atoms with Gasteiger partial charge < -0.3 is 20.8 Å². The molecule has 0 spiro atoms. The van der Waals surface area contributed by atoms with Crippen molar-refractivity contribution in [1.82, 2.24) is 4.98 Å². The van der Waals surface area contributed by atoms with Gasteiger partial charge in [-0.3, -0.25) is 9.59 Å². The van der Waals surface area contributed by atoms with Gasteiger partial charge in [-0.1, -0.05) is 52.8 Å². The summed E-state index contributed by atoms with van der Waals surface area (Å²) in [5, 5.41) is 27.9. The summed E-state index contributed by atoms with van der Waals surface area (Å²) in [6.45, 7) is 10.1. The van der Waals surface area contributed by atoms with Crippen molar-refractivity contribution in [2.24, 2.45) is 22.2 Å². The first-order valence-corrected chi connectivity index (χ1v) is 13.6. The lowest BCUT2D eigenvalue weighted by Gasteiger charge is -2.58. The lowest BCUT2D eigenvalue weighted by molar-refractivity contribution is -0.143. The van der Waals surface area contributed by atoms with Crippen LogP contribution < -0.4 is 10.6 Å². The first kappa shape index (κ1) is 26.8. The fraction of sp³-hybridized carbons (Fsp3) is 0.607. The average Bonchev–Trinajstić information content (AvgIpc) is 3.19. The van der Waals surface area contributed by atoms with Gasteiger partial charge in [0, 0.05) is 34.7 Å². The predicted octanol–water partition coefficient (Wildman–Crippen LogP) is 4.96. The summed E-state index contributed by atoms with van der Waals surface area (Å²) in [6, 6.07) is 9.39. The van der Waals surface area contributed by atoms with E-state index in [-0.39, 0.29) is 47.5 Å². The quantitative estimate of drug-likeness (QED) is 0.436. The molecule has 0 unspecified atom stereocenters. The molecule has 36 heavy (non-hydrogen) atoms. The molecular weight excluding hydrogens is 474 g/mol. The van der Waals surface area contributed by atoms with Gasteiger partial charge in [-0.05, 0) is 48.1 Å². The van der Waals surface area contributed by atoms with E-state index in [1.165, 1.54) is 11.3 Å². The summed E-state index contributed by atoms with van der Waals surface area (Å²) in [7, 11) is 0. The van der Waals surface area contributed by atoms with E-state index in [9.17, 15) is 19.8 Å². The van der Waals surface area contributed by atoms with Crippen LogP contribution in [-0.4, -0.2) is 39.7 Å². The van der Waals surface area contributed by atoms with Crippen LogP contribution in [0.5, 0.6) is 0 Å².